The average Bonchev–Trinajstić information content (AvgIpc) is 2.16. The SMILES string of the molecule is NC[C@H](O)c1ncc(Br)cc1[N+](=O)[O-]. The van der Waals surface area contributed by atoms with Crippen molar-refractivity contribution in [3.8, 4) is 0 Å². The number of nitrogens with zero attached hydrogens (tertiary/aromatic N) is 2. The summed E-state index contributed by atoms with van der Waals surface area (Å²) in [5, 5.41) is 19.9. The van der Waals surface area contributed by atoms with Gasteiger partial charge >= 0.3 is 0 Å². The standard InChI is InChI=1S/C7H8BrN3O3/c8-4-1-5(11(13)14)7(10-3-4)6(12)2-9/h1,3,6,12H,2,9H2/t6-/m0/s1. The molecule has 0 fully saturated rings. The molecule has 3 N–H and O–H groups in total. The van der Waals surface area contributed by atoms with Gasteiger partial charge in [0.2, 0.25) is 0 Å². The van der Waals surface area contributed by atoms with Crippen molar-refractivity contribution in [1.29, 1.82) is 0 Å². The number of hydrogen-bond acceptors (Lipinski definition) is 5. The van der Waals surface area contributed by atoms with Gasteiger partial charge in [-0.05, 0) is 15.9 Å². The van der Waals surface area contributed by atoms with Crippen molar-refractivity contribution in [2.24, 2.45) is 5.73 Å². The summed E-state index contributed by atoms with van der Waals surface area (Å²) < 4.78 is 0.483. The van der Waals surface area contributed by atoms with Gasteiger partial charge in [0.05, 0.1) is 4.92 Å². The first-order chi connectivity index (χ1) is 6.56. The maximum atomic E-state index is 10.6. The van der Waals surface area contributed by atoms with Crippen molar-refractivity contribution < 1.29 is 10.0 Å². The minimum Gasteiger partial charge on any atom is -0.385 e. The predicted octanol–water partition coefficient (Wildman–Crippen LogP) is 0.744. The first-order valence-corrected chi connectivity index (χ1v) is 4.53. The molecule has 1 heterocycles. The van der Waals surface area contributed by atoms with E-state index in [0.717, 1.165) is 0 Å². The van der Waals surface area contributed by atoms with Crippen LogP contribution in [0, 0.1) is 10.1 Å². The Labute approximate surface area is 88.0 Å². The molecule has 0 spiro atoms. The number of aromatic nitrogens is 1. The van der Waals surface area contributed by atoms with E-state index in [9.17, 15) is 15.2 Å². The molecule has 1 aromatic rings. The first kappa shape index (κ1) is 11.0. The summed E-state index contributed by atoms with van der Waals surface area (Å²) in [6, 6.07) is 1.28. The van der Waals surface area contributed by atoms with Crippen LogP contribution < -0.4 is 5.73 Å². The smallest absolute Gasteiger partial charge is 0.294 e. The molecule has 0 aromatic carbocycles. The average molecular weight is 262 g/mol. The van der Waals surface area contributed by atoms with E-state index in [1.807, 2.05) is 0 Å². The Hall–Kier alpha value is -1.05. The molecule has 7 heteroatoms. The molecular weight excluding hydrogens is 254 g/mol. The number of nitrogens with two attached hydrogens (primary N) is 1. The number of nitro groups is 1. The molecule has 14 heavy (non-hydrogen) atoms. The van der Waals surface area contributed by atoms with E-state index in [4.69, 9.17) is 5.73 Å². The Bertz CT molecular complexity index is 358. The summed E-state index contributed by atoms with van der Waals surface area (Å²) in [7, 11) is 0. The fourth-order valence-corrected chi connectivity index (χ4v) is 1.27. The summed E-state index contributed by atoms with van der Waals surface area (Å²) in [6.45, 7) is -0.102. The lowest BCUT2D eigenvalue weighted by Gasteiger charge is -2.07. The van der Waals surface area contributed by atoms with Gasteiger partial charge in [0.25, 0.3) is 5.69 Å². The highest BCUT2D eigenvalue weighted by molar-refractivity contribution is 9.10. The van der Waals surface area contributed by atoms with Crippen LogP contribution in [0.5, 0.6) is 0 Å². The van der Waals surface area contributed by atoms with Crippen LogP contribution in [-0.2, 0) is 0 Å². The van der Waals surface area contributed by atoms with E-state index >= 15 is 0 Å². The minimum absolute atomic E-state index is 0.0132. The molecule has 0 saturated heterocycles. The molecule has 0 aliphatic carbocycles. The zero-order chi connectivity index (χ0) is 10.7. The summed E-state index contributed by atoms with van der Waals surface area (Å²) in [5.74, 6) is 0. The van der Waals surface area contributed by atoms with E-state index in [0.29, 0.717) is 4.47 Å². The van der Waals surface area contributed by atoms with Crippen molar-refractivity contribution >= 4 is 21.6 Å². The third-order valence-electron chi connectivity index (χ3n) is 1.60. The van der Waals surface area contributed by atoms with Gasteiger partial charge in [0.15, 0.2) is 0 Å². The highest BCUT2D eigenvalue weighted by atomic mass is 79.9. The topological polar surface area (TPSA) is 102 Å². The van der Waals surface area contributed by atoms with Gasteiger partial charge in [0.1, 0.15) is 11.8 Å². The number of rotatable bonds is 3. The summed E-state index contributed by atoms with van der Waals surface area (Å²) in [4.78, 5) is 13.7. The number of aliphatic hydroxyl groups excluding tert-OH is 1. The molecule has 0 aliphatic heterocycles. The maximum Gasteiger partial charge on any atom is 0.294 e. The lowest BCUT2D eigenvalue weighted by atomic mass is 10.2. The van der Waals surface area contributed by atoms with Gasteiger partial charge in [-0.2, -0.15) is 0 Å². The summed E-state index contributed by atoms with van der Waals surface area (Å²) >= 11 is 3.06. The van der Waals surface area contributed by atoms with Crippen LogP contribution in [0.2, 0.25) is 0 Å². The van der Waals surface area contributed by atoms with E-state index in [-0.39, 0.29) is 17.9 Å². The van der Waals surface area contributed by atoms with E-state index < -0.39 is 11.0 Å². The molecule has 0 amide bonds. The zero-order valence-corrected chi connectivity index (χ0v) is 8.64. The van der Waals surface area contributed by atoms with Gasteiger partial charge in [-0.1, -0.05) is 0 Å². The molecule has 0 radical (unpaired) electrons. The number of aliphatic hydroxyl groups is 1. The third-order valence-corrected chi connectivity index (χ3v) is 2.03. The second-order valence-corrected chi connectivity index (χ2v) is 3.48. The van der Waals surface area contributed by atoms with Crippen molar-refractivity contribution in [3.63, 3.8) is 0 Å². The van der Waals surface area contributed by atoms with Crippen molar-refractivity contribution in [2.75, 3.05) is 6.54 Å². The van der Waals surface area contributed by atoms with Crippen LogP contribution in [0.1, 0.15) is 11.8 Å². The zero-order valence-electron chi connectivity index (χ0n) is 7.05. The largest absolute Gasteiger partial charge is 0.385 e. The predicted molar refractivity (Wildman–Crippen MR) is 52.6 cm³/mol. The van der Waals surface area contributed by atoms with E-state index in [1.165, 1.54) is 12.3 Å². The van der Waals surface area contributed by atoms with Gasteiger partial charge in [-0.3, -0.25) is 15.1 Å². The van der Waals surface area contributed by atoms with Gasteiger partial charge in [-0.25, -0.2) is 0 Å². The van der Waals surface area contributed by atoms with Crippen molar-refractivity contribution in [1.82, 2.24) is 4.98 Å². The monoisotopic (exact) mass is 261 g/mol. The number of halogens is 1. The Morgan fingerprint density at radius 3 is 2.93 bits per heavy atom. The van der Waals surface area contributed by atoms with Crippen LogP contribution in [0.3, 0.4) is 0 Å². The second-order valence-electron chi connectivity index (χ2n) is 2.57. The van der Waals surface area contributed by atoms with Crippen molar-refractivity contribution in [3.05, 3.63) is 32.5 Å². The van der Waals surface area contributed by atoms with Gasteiger partial charge < -0.3 is 10.8 Å². The van der Waals surface area contributed by atoms with Gasteiger partial charge in [-0.15, -0.1) is 0 Å². The molecule has 6 nitrogen and oxygen atoms in total. The molecule has 76 valence electrons. The van der Waals surface area contributed by atoms with E-state index in [2.05, 4.69) is 20.9 Å². The normalized spacial score (nSPS) is 12.5. The molecule has 0 unspecified atom stereocenters. The van der Waals surface area contributed by atoms with Crippen LogP contribution in [-0.4, -0.2) is 21.6 Å². The first-order valence-electron chi connectivity index (χ1n) is 3.74. The molecule has 1 rings (SSSR count). The van der Waals surface area contributed by atoms with E-state index in [1.54, 1.807) is 0 Å². The quantitative estimate of drug-likeness (QED) is 0.617. The Balaban J connectivity index is 3.21. The minimum atomic E-state index is -1.11. The lowest BCUT2D eigenvalue weighted by Crippen LogP contribution is -2.14. The molecule has 0 aliphatic rings. The maximum absolute atomic E-state index is 10.6. The molecule has 0 bridgehead atoms. The van der Waals surface area contributed by atoms with Crippen LogP contribution in [0.25, 0.3) is 0 Å². The highest BCUT2D eigenvalue weighted by Gasteiger charge is 2.21. The van der Waals surface area contributed by atoms with Crippen molar-refractivity contribution in [2.45, 2.75) is 6.10 Å². The fourth-order valence-electron chi connectivity index (χ4n) is 0.954. The molecule has 1 aromatic heterocycles. The Morgan fingerprint density at radius 1 is 1.79 bits per heavy atom. The third kappa shape index (κ3) is 2.25. The fraction of sp³-hybridized carbons (Fsp3) is 0.286. The Kier molecular flexibility index (Phi) is 3.50. The number of hydrogen-bond donors (Lipinski definition) is 2. The summed E-state index contributed by atoms with van der Waals surface area (Å²) in [6.07, 6.45) is 0.268. The molecule has 1 atom stereocenters. The highest BCUT2D eigenvalue weighted by Crippen LogP contribution is 2.25. The lowest BCUT2D eigenvalue weighted by molar-refractivity contribution is -0.386. The Morgan fingerprint density at radius 2 is 2.43 bits per heavy atom. The second kappa shape index (κ2) is 4.45. The summed E-state index contributed by atoms with van der Waals surface area (Å²) in [5.41, 5.74) is 4.94. The van der Waals surface area contributed by atoms with Crippen LogP contribution in [0.4, 0.5) is 5.69 Å². The van der Waals surface area contributed by atoms with Crippen LogP contribution >= 0.6 is 15.9 Å². The van der Waals surface area contributed by atoms with Gasteiger partial charge in [0, 0.05) is 23.3 Å². The van der Waals surface area contributed by atoms with Crippen LogP contribution in [0.15, 0.2) is 16.7 Å². The number of pyridine rings is 1. The molecular formula is C7H8BrN3O3. The molecule has 0 saturated carbocycles.